The van der Waals surface area contributed by atoms with Gasteiger partial charge in [0.25, 0.3) is 0 Å². The molecule has 1 aliphatic rings. The molecule has 2 heteroatoms. The average Bonchev–Trinajstić information content (AvgIpc) is 2.30. The molecule has 0 spiro atoms. The first-order valence-corrected chi connectivity index (χ1v) is 5.22. The summed E-state index contributed by atoms with van der Waals surface area (Å²) in [5, 5.41) is 12.4. The zero-order valence-electron chi connectivity index (χ0n) is 8.83. The van der Waals surface area contributed by atoms with Crippen molar-refractivity contribution < 1.29 is 0 Å². The minimum atomic E-state index is 0.456. The van der Waals surface area contributed by atoms with Crippen molar-refractivity contribution in [1.82, 2.24) is 5.32 Å². The van der Waals surface area contributed by atoms with E-state index in [0.29, 0.717) is 12.6 Å². The monoisotopic (exact) mass is 198 g/mol. The van der Waals surface area contributed by atoms with Crippen LogP contribution in [-0.4, -0.2) is 12.6 Å². The van der Waals surface area contributed by atoms with Gasteiger partial charge in [-0.1, -0.05) is 30.3 Å². The highest BCUT2D eigenvalue weighted by atomic mass is 14.9. The maximum Gasteiger partial charge on any atom is 0.0963 e. The number of hydrogen-bond donors (Lipinski definition) is 1. The SMILES string of the molecule is CC1CC(c2ccccc2)=C(C#N)CN1. The fourth-order valence-corrected chi connectivity index (χ4v) is 1.92. The lowest BCUT2D eigenvalue weighted by Crippen LogP contribution is -2.32. The highest BCUT2D eigenvalue weighted by Crippen LogP contribution is 2.26. The molecule has 0 bridgehead atoms. The first-order valence-electron chi connectivity index (χ1n) is 5.22. The van der Waals surface area contributed by atoms with Crippen LogP contribution in [0.15, 0.2) is 35.9 Å². The standard InChI is InChI=1S/C13H14N2/c1-10-7-13(12(8-14)9-15-10)11-5-3-2-4-6-11/h2-6,10,15H,7,9H2,1H3. The predicted octanol–water partition coefficient (Wildman–Crippen LogP) is 2.35. The van der Waals surface area contributed by atoms with Crippen molar-refractivity contribution >= 4 is 5.57 Å². The Morgan fingerprint density at radius 2 is 2.07 bits per heavy atom. The van der Waals surface area contributed by atoms with Gasteiger partial charge in [0, 0.05) is 18.2 Å². The molecular weight excluding hydrogens is 184 g/mol. The minimum absolute atomic E-state index is 0.456. The maximum absolute atomic E-state index is 9.06. The lowest BCUT2D eigenvalue weighted by atomic mass is 9.91. The number of hydrogen-bond acceptors (Lipinski definition) is 2. The van der Waals surface area contributed by atoms with E-state index < -0.39 is 0 Å². The Bertz CT molecular complexity index is 412. The van der Waals surface area contributed by atoms with Crippen molar-refractivity contribution in [2.24, 2.45) is 0 Å². The van der Waals surface area contributed by atoms with Gasteiger partial charge in [-0.15, -0.1) is 0 Å². The molecule has 15 heavy (non-hydrogen) atoms. The summed E-state index contributed by atoms with van der Waals surface area (Å²) in [6, 6.07) is 12.9. The van der Waals surface area contributed by atoms with Crippen molar-refractivity contribution in [2.75, 3.05) is 6.54 Å². The Labute approximate surface area is 90.2 Å². The molecule has 0 amide bonds. The van der Waals surface area contributed by atoms with Crippen molar-refractivity contribution in [3.63, 3.8) is 0 Å². The smallest absolute Gasteiger partial charge is 0.0963 e. The molecule has 1 atom stereocenters. The fraction of sp³-hybridized carbons (Fsp3) is 0.308. The molecule has 0 saturated heterocycles. The van der Waals surface area contributed by atoms with E-state index in [-0.39, 0.29) is 0 Å². The predicted molar refractivity (Wildman–Crippen MR) is 61.1 cm³/mol. The van der Waals surface area contributed by atoms with Crippen LogP contribution in [0.1, 0.15) is 18.9 Å². The summed E-state index contributed by atoms with van der Waals surface area (Å²) in [5.74, 6) is 0. The van der Waals surface area contributed by atoms with E-state index in [1.807, 2.05) is 18.2 Å². The highest BCUT2D eigenvalue weighted by molar-refractivity contribution is 5.73. The normalized spacial score (nSPS) is 21.2. The Hall–Kier alpha value is -1.59. The Morgan fingerprint density at radius 3 is 2.73 bits per heavy atom. The first-order chi connectivity index (χ1) is 7.31. The van der Waals surface area contributed by atoms with Crippen LogP contribution in [0.4, 0.5) is 0 Å². The third kappa shape index (κ3) is 2.08. The first kappa shape index (κ1) is 9.95. The zero-order chi connectivity index (χ0) is 10.7. The van der Waals surface area contributed by atoms with Crippen LogP contribution in [0.2, 0.25) is 0 Å². The molecule has 0 saturated carbocycles. The zero-order valence-corrected chi connectivity index (χ0v) is 8.83. The second-order valence-electron chi connectivity index (χ2n) is 3.92. The third-order valence-electron chi connectivity index (χ3n) is 2.76. The van der Waals surface area contributed by atoms with Crippen LogP contribution in [0.25, 0.3) is 5.57 Å². The van der Waals surface area contributed by atoms with Gasteiger partial charge in [-0.05, 0) is 24.5 Å². The van der Waals surface area contributed by atoms with E-state index in [0.717, 1.165) is 12.0 Å². The molecule has 1 aromatic carbocycles. The van der Waals surface area contributed by atoms with Crippen LogP contribution in [0.5, 0.6) is 0 Å². The van der Waals surface area contributed by atoms with Gasteiger partial charge >= 0.3 is 0 Å². The average molecular weight is 198 g/mol. The molecule has 76 valence electrons. The molecular formula is C13H14N2. The van der Waals surface area contributed by atoms with Gasteiger partial charge in [-0.3, -0.25) is 0 Å². The van der Waals surface area contributed by atoms with Crippen LogP contribution in [-0.2, 0) is 0 Å². The quantitative estimate of drug-likeness (QED) is 0.751. The third-order valence-corrected chi connectivity index (χ3v) is 2.76. The number of nitrogens with zero attached hydrogens (tertiary/aromatic N) is 1. The topological polar surface area (TPSA) is 35.8 Å². The number of nitriles is 1. The summed E-state index contributed by atoms with van der Waals surface area (Å²) in [4.78, 5) is 0. The van der Waals surface area contributed by atoms with E-state index in [9.17, 15) is 0 Å². The van der Waals surface area contributed by atoms with E-state index in [2.05, 4.69) is 30.4 Å². The van der Waals surface area contributed by atoms with Crippen molar-refractivity contribution in [3.8, 4) is 6.07 Å². The summed E-state index contributed by atoms with van der Waals surface area (Å²) in [7, 11) is 0. The summed E-state index contributed by atoms with van der Waals surface area (Å²) in [5.41, 5.74) is 3.26. The van der Waals surface area contributed by atoms with E-state index in [1.54, 1.807) is 0 Å². The number of rotatable bonds is 1. The number of benzene rings is 1. The largest absolute Gasteiger partial charge is 0.309 e. The van der Waals surface area contributed by atoms with Gasteiger partial charge in [0.2, 0.25) is 0 Å². The molecule has 1 unspecified atom stereocenters. The molecule has 0 aliphatic carbocycles. The van der Waals surface area contributed by atoms with Gasteiger partial charge < -0.3 is 5.32 Å². The summed E-state index contributed by atoms with van der Waals surface area (Å²) < 4.78 is 0. The van der Waals surface area contributed by atoms with Gasteiger partial charge in [0.05, 0.1) is 6.07 Å². The van der Waals surface area contributed by atoms with E-state index >= 15 is 0 Å². The Morgan fingerprint density at radius 1 is 1.33 bits per heavy atom. The summed E-state index contributed by atoms with van der Waals surface area (Å²) >= 11 is 0. The molecule has 0 radical (unpaired) electrons. The molecule has 1 heterocycles. The van der Waals surface area contributed by atoms with Crippen molar-refractivity contribution in [2.45, 2.75) is 19.4 Å². The van der Waals surface area contributed by atoms with Gasteiger partial charge in [0.15, 0.2) is 0 Å². The molecule has 2 nitrogen and oxygen atoms in total. The van der Waals surface area contributed by atoms with Crippen LogP contribution in [0.3, 0.4) is 0 Å². The van der Waals surface area contributed by atoms with Gasteiger partial charge in [-0.2, -0.15) is 5.26 Å². The molecule has 1 aliphatic heterocycles. The summed E-state index contributed by atoms with van der Waals surface area (Å²) in [6.45, 7) is 2.85. The molecule has 2 rings (SSSR count). The van der Waals surface area contributed by atoms with Crippen LogP contribution in [0, 0.1) is 11.3 Å². The van der Waals surface area contributed by atoms with Crippen molar-refractivity contribution in [1.29, 1.82) is 5.26 Å². The molecule has 0 aromatic heterocycles. The summed E-state index contributed by atoms with van der Waals surface area (Å²) in [6.07, 6.45) is 0.937. The molecule has 1 N–H and O–H groups in total. The number of nitrogens with one attached hydrogen (secondary N) is 1. The van der Waals surface area contributed by atoms with E-state index in [4.69, 9.17) is 5.26 Å². The highest BCUT2D eigenvalue weighted by Gasteiger charge is 2.17. The van der Waals surface area contributed by atoms with Crippen molar-refractivity contribution in [3.05, 3.63) is 41.5 Å². The Balaban J connectivity index is 2.41. The maximum atomic E-state index is 9.06. The lowest BCUT2D eigenvalue weighted by Gasteiger charge is -2.23. The van der Waals surface area contributed by atoms with Crippen LogP contribution < -0.4 is 5.32 Å². The lowest BCUT2D eigenvalue weighted by molar-refractivity contribution is 0.571. The second-order valence-corrected chi connectivity index (χ2v) is 3.92. The fourth-order valence-electron chi connectivity index (χ4n) is 1.92. The minimum Gasteiger partial charge on any atom is -0.309 e. The Kier molecular flexibility index (Phi) is 2.84. The van der Waals surface area contributed by atoms with Gasteiger partial charge in [-0.25, -0.2) is 0 Å². The second kappa shape index (κ2) is 4.29. The molecule has 1 aromatic rings. The van der Waals surface area contributed by atoms with Gasteiger partial charge in [0.1, 0.15) is 0 Å². The van der Waals surface area contributed by atoms with Crippen LogP contribution >= 0.6 is 0 Å². The molecule has 0 fully saturated rings. The van der Waals surface area contributed by atoms with E-state index in [1.165, 1.54) is 11.1 Å².